The third-order valence-corrected chi connectivity index (χ3v) is 6.40. The van der Waals surface area contributed by atoms with E-state index in [0.29, 0.717) is 18.2 Å². The minimum absolute atomic E-state index is 0.399. The van der Waals surface area contributed by atoms with Crippen molar-refractivity contribution in [2.24, 2.45) is 0 Å². The average Bonchev–Trinajstić information content (AvgIpc) is 2.95. The Morgan fingerprint density at radius 1 is 0.871 bits per heavy atom. The monoisotopic (exact) mass is 440 g/mol. The van der Waals surface area contributed by atoms with Crippen LogP contribution >= 0.6 is 11.8 Å². The summed E-state index contributed by atoms with van der Waals surface area (Å²) in [6.07, 6.45) is 3.13. The summed E-state index contributed by atoms with van der Waals surface area (Å²) in [6.45, 7) is 3.56. The number of benzene rings is 2. The first-order chi connectivity index (χ1) is 15.0. The number of rotatable bonds is 4. The molecule has 0 saturated carbocycles. The molecule has 2 heterocycles. The number of carbonyl (C=O) groups is 3. The van der Waals surface area contributed by atoms with Gasteiger partial charge in [0, 0.05) is 54.2 Å². The molecule has 31 heavy (non-hydrogen) atoms. The van der Waals surface area contributed by atoms with Crippen LogP contribution in [0.3, 0.4) is 0 Å². The zero-order chi connectivity index (χ0) is 22.2. The molecule has 0 bridgehead atoms. The van der Waals surface area contributed by atoms with Crippen LogP contribution in [0.2, 0.25) is 0 Å². The lowest BCUT2D eigenvalue weighted by Gasteiger charge is -2.38. The van der Waals surface area contributed by atoms with E-state index in [2.05, 4.69) is 53.4 Å². The van der Waals surface area contributed by atoms with Gasteiger partial charge in [-0.2, -0.15) is 0 Å². The fourth-order valence-electron chi connectivity index (χ4n) is 3.68. The third kappa shape index (κ3) is 6.19. The molecule has 4 rings (SSSR count). The van der Waals surface area contributed by atoms with E-state index in [1.807, 2.05) is 16.7 Å². The molecule has 2 aromatic carbocycles. The predicted molar refractivity (Wildman–Crippen MR) is 117 cm³/mol. The van der Waals surface area contributed by atoms with Crippen molar-refractivity contribution in [2.45, 2.75) is 22.3 Å². The number of fused-ring (bicyclic) bond motifs is 2. The van der Waals surface area contributed by atoms with Gasteiger partial charge in [-0.3, -0.25) is 9.69 Å². The summed E-state index contributed by atoms with van der Waals surface area (Å²) in [6, 6.07) is 17.9. The average molecular weight is 441 g/mol. The number of amides is 1. The highest BCUT2D eigenvalue weighted by Gasteiger charge is 2.29. The Labute approximate surface area is 185 Å². The van der Waals surface area contributed by atoms with Gasteiger partial charge in [0.1, 0.15) is 0 Å². The lowest BCUT2D eigenvalue weighted by atomic mass is 9.97. The molecule has 1 atom stereocenters. The summed E-state index contributed by atoms with van der Waals surface area (Å²) >= 11 is 1.88. The fraction of sp³-hybridized carbons (Fsp3) is 0.261. The second-order valence-corrected chi connectivity index (χ2v) is 8.24. The summed E-state index contributed by atoms with van der Waals surface area (Å²) in [5.41, 5.74) is 2.85. The van der Waals surface area contributed by atoms with Gasteiger partial charge < -0.3 is 15.1 Å². The Morgan fingerprint density at radius 3 is 2.06 bits per heavy atom. The molecule has 0 spiro atoms. The van der Waals surface area contributed by atoms with E-state index in [9.17, 15) is 14.4 Å². The largest absolute Gasteiger partial charge is 0.478 e. The summed E-state index contributed by atoms with van der Waals surface area (Å²) in [5.74, 6) is -2.51. The van der Waals surface area contributed by atoms with E-state index >= 15 is 0 Å². The van der Waals surface area contributed by atoms with Crippen molar-refractivity contribution >= 4 is 30.1 Å². The molecule has 1 fully saturated rings. The van der Waals surface area contributed by atoms with Gasteiger partial charge in [-0.25, -0.2) is 9.59 Å². The number of carbonyl (C=O) groups excluding carboxylic acids is 1. The predicted octanol–water partition coefficient (Wildman–Crippen LogP) is 2.92. The quantitative estimate of drug-likeness (QED) is 0.557. The SMILES string of the molecule is O=C(O)/C=C\C(=O)O.O=CN1CCN(C2Cc3ccccc3Sc3ccccc32)CC1. The van der Waals surface area contributed by atoms with Gasteiger partial charge in [0.2, 0.25) is 6.41 Å². The molecule has 2 aliphatic rings. The van der Waals surface area contributed by atoms with Crippen LogP contribution in [0.1, 0.15) is 17.2 Å². The second-order valence-electron chi connectivity index (χ2n) is 7.15. The van der Waals surface area contributed by atoms with Crippen molar-refractivity contribution in [1.82, 2.24) is 9.80 Å². The summed E-state index contributed by atoms with van der Waals surface area (Å²) < 4.78 is 0. The maximum atomic E-state index is 11.0. The Kier molecular flexibility index (Phi) is 7.86. The third-order valence-electron chi connectivity index (χ3n) is 5.19. The lowest BCUT2D eigenvalue weighted by Crippen LogP contribution is -2.47. The van der Waals surface area contributed by atoms with Crippen LogP contribution in [-0.2, 0) is 20.8 Å². The Balaban J connectivity index is 0.000000293. The number of nitrogens with zero attached hydrogens (tertiary/aromatic N) is 2. The van der Waals surface area contributed by atoms with E-state index in [-0.39, 0.29) is 0 Å². The van der Waals surface area contributed by atoms with Gasteiger partial charge in [0.05, 0.1) is 0 Å². The molecule has 0 aliphatic carbocycles. The van der Waals surface area contributed by atoms with Crippen LogP contribution in [0.15, 0.2) is 70.5 Å². The highest BCUT2D eigenvalue weighted by Crippen LogP contribution is 2.42. The van der Waals surface area contributed by atoms with Crippen LogP contribution in [0.5, 0.6) is 0 Å². The number of hydrogen-bond acceptors (Lipinski definition) is 5. The summed E-state index contributed by atoms with van der Waals surface area (Å²) in [4.78, 5) is 37.2. The topological polar surface area (TPSA) is 98.1 Å². The minimum atomic E-state index is -1.26. The Morgan fingerprint density at radius 2 is 1.45 bits per heavy atom. The van der Waals surface area contributed by atoms with Crippen LogP contribution in [-0.4, -0.2) is 64.5 Å². The zero-order valence-corrected chi connectivity index (χ0v) is 17.7. The van der Waals surface area contributed by atoms with Gasteiger partial charge in [-0.15, -0.1) is 0 Å². The first-order valence-electron chi connectivity index (χ1n) is 9.90. The molecule has 2 aliphatic heterocycles. The molecule has 1 amide bonds. The normalized spacial score (nSPS) is 18.2. The van der Waals surface area contributed by atoms with E-state index in [1.54, 1.807) is 0 Å². The number of carboxylic acid groups (broad SMARTS) is 2. The molecular weight excluding hydrogens is 416 g/mol. The van der Waals surface area contributed by atoms with Crippen molar-refractivity contribution < 1.29 is 24.6 Å². The highest BCUT2D eigenvalue weighted by atomic mass is 32.2. The number of carboxylic acids is 2. The molecule has 0 radical (unpaired) electrons. The van der Waals surface area contributed by atoms with E-state index in [4.69, 9.17) is 10.2 Å². The van der Waals surface area contributed by atoms with Crippen LogP contribution < -0.4 is 0 Å². The smallest absolute Gasteiger partial charge is 0.328 e. The first kappa shape index (κ1) is 22.6. The van der Waals surface area contributed by atoms with Gasteiger partial charge in [0.15, 0.2) is 0 Å². The zero-order valence-electron chi connectivity index (χ0n) is 16.9. The van der Waals surface area contributed by atoms with Crippen LogP contribution in [0.4, 0.5) is 0 Å². The van der Waals surface area contributed by atoms with Crippen molar-refractivity contribution in [3.8, 4) is 0 Å². The molecule has 0 aromatic heterocycles. The maximum Gasteiger partial charge on any atom is 0.328 e. The molecule has 8 heteroatoms. The van der Waals surface area contributed by atoms with E-state index in [0.717, 1.165) is 39.0 Å². The number of aliphatic carboxylic acids is 2. The van der Waals surface area contributed by atoms with Crippen molar-refractivity contribution in [3.05, 3.63) is 71.8 Å². The first-order valence-corrected chi connectivity index (χ1v) is 10.7. The minimum Gasteiger partial charge on any atom is -0.478 e. The van der Waals surface area contributed by atoms with Gasteiger partial charge >= 0.3 is 11.9 Å². The number of hydrogen-bond donors (Lipinski definition) is 2. The van der Waals surface area contributed by atoms with Crippen molar-refractivity contribution in [1.29, 1.82) is 0 Å². The van der Waals surface area contributed by atoms with Gasteiger partial charge in [-0.1, -0.05) is 48.2 Å². The second kappa shape index (κ2) is 10.8. The van der Waals surface area contributed by atoms with Crippen LogP contribution in [0, 0.1) is 0 Å². The molecule has 2 aromatic rings. The summed E-state index contributed by atoms with van der Waals surface area (Å²) in [7, 11) is 0. The molecule has 2 N–H and O–H groups in total. The molecule has 162 valence electrons. The van der Waals surface area contributed by atoms with E-state index < -0.39 is 11.9 Å². The molecular formula is C23H24N2O5S. The highest BCUT2D eigenvalue weighted by molar-refractivity contribution is 7.99. The van der Waals surface area contributed by atoms with Gasteiger partial charge in [0.25, 0.3) is 0 Å². The number of piperazine rings is 1. The van der Waals surface area contributed by atoms with Crippen molar-refractivity contribution in [2.75, 3.05) is 26.2 Å². The molecule has 7 nitrogen and oxygen atoms in total. The summed E-state index contributed by atoms with van der Waals surface area (Å²) in [5, 5.41) is 15.6. The Hall–Kier alpha value is -3.10. The van der Waals surface area contributed by atoms with Crippen molar-refractivity contribution in [3.63, 3.8) is 0 Å². The molecule has 1 unspecified atom stereocenters. The molecule has 1 saturated heterocycles. The fourth-order valence-corrected chi connectivity index (χ4v) is 4.81. The lowest BCUT2D eigenvalue weighted by molar-refractivity contribution is -0.134. The maximum absolute atomic E-state index is 11.0. The van der Waals surface area contributed by atoms with Gasteiger partial charge in [-0.05, 0) is 29.7 Å². The standard InChI is InChI=1S/C19H20N2OS.C4H4O4/c22-14-20-9-11-21(12-10-20)17-13-15-5-1-3-7-18(15)23-19-8-4-2-6-16(17)19;5-3(6)1-2-4(7)8/h1-8,14,17H,9-13H2;1-2H,(H,5,6)(H,7,8)/b;2-1-. The van der Waals surface area contributed by atoms with E-state index in [1.165, 1.54) is 20.9 Å². The Bertz CT molecular complexity index is 954. The van der Waals surface area contributed by atoms with Crippen LogP contribution in [0.25, 0.3) is 0 Å².